The molecule has 0 aliphatic rings. The van der Waals surface area contributed by atoms with Gasteiger partial charge < -0.3 is 10.1 Å². The van der Waals surface area contributed by atoms with Crippen LogP contribution in [0.1, 0.15) is 20.3 Å². The molecule has 0 saturated carbocycles. The van der Waals surface area contributed by atoms with Crippen LogP contribution in [0.5, 0.6) is 5.75 Å². The van der Waals surface area contributed by atoms with E-state index in [1.165, 1.54) is 0 Å². The number of halogens is 1. The molecule has 0 aliphatic carbocycles. The van der Waals surface area contributed by atoms with Crippen LogP contribution in [0.15, 0.2) is 18.2 Å². The van der Waals surface area contributed by atoms with Gasteiger partial charge in [-0.1, -0.05) is 18.5 Å². The van der Waals surface area contributed by atoms with Crippen LogP contribution in [0.2, 0.25) is 5.02 Å². The predicted octanol–water partition coefficient (Wildman–Crippen LogP) is 3.09. The van der Waals surface area contributed by atoms with Gasteiger partial charge in [-0.05, 0) is 25.1 Å². The quantitative estimate of drug-likeness (QED) is 0.859. The van der Waals surface area contributed by atoms with Crippen LogP contribution >= 0.6 is 11.6 Å². The van der Waals surface area contributed by atoms with Gasteiger partial charge in [0, 0.05) is 12.1 Å². The third kappa shape index (κ3) is 3.44. The number of anilines is 1. The van der Waals surface area contributed by atoms with Crippen LogP contribution in [0.4, 0.5) is 5.69 Å². The number of amides is 1. The molecule has 3 nitrogen and oxygen atoms in total. The van der Waals surface area contributed by atoms with Crippen LogP contribution in [0.25, 0.3) is 0 Å². The number of hydrogen-bond donors (Lipinski definition) is 1. The minimum absolute atomic E-state index is 0.0322. The molecule has 0 aliphatic heterocycles. The zero-order valence-electron chi connectivity index (χ0n) is 8.84. The number of nitrogens with one attached hydrogen (secondary N) is 1. The Morgan fingerprint density at radius 2 is 2.20 bits per heavy atom. The average Bonchev–Trinajstić information content (AvgIpc) is 2.22. The maximum Gasteiger partial charge on any atom is 0.224 e. The Morgan fingerprint density at radius 3 is 2.73 bits per heavy atom. The molecule has 0 unspecified atom stereocenters. The molecule has 0 radical (unpaired) electrons. The predicted molar refractivity (Wildman–Crippen MR) is 61.5 cm³/mol. The Labute approximate surface area is 94.4 Å². The SMILES string of the molecule is CCOc1ccc(NC(=O)CC)cc1Cl. The molecule has 1 amide bonds. The van der Waals surface area contributed by atoms with Gasteiger partial charge in [0.1, 0.15) is 5.75 Å². The van der Waals surface area contributed by atoms with E-state index < -0.39 is 0 Å². The van der Waals surface area contributed by atoms with Crippen molar-refractivity contribution < 1.29 is 9.53 Å². The molecular weight excluding hydrogens is 214 g/mol. The molecule has 15 heavy (non-hydrogen) atoms. The Hall–Kier alpha value is -1.22. The van der Waals surface area contributed by atoms with Gasteiger partial charge in [-0.25, -0.2) is 0 Å². The summed E-state index contributed by atoms with van der Waals surface area (Å²) < 4.78 is 5.28. The normalized spacial score (nSPS) is 9.80. The van der Waals surface area contributed by atoms with E-state index in [2.05, 4.69) is 5.32 Å². The smallest absolute Gasteiger partial charge is 0.224 e. The summed E-state index contributed by atoms with van der Waals surface area (Å²) in [6, 6.07) is 5.20. The summed E-state index contributed by atoms with van der Waals surface area (Å²) in [5, 5.41) is 3.23. The minimum Gasteiger partial charge on any atom is -0.492 e. The summed E-state index contributed by atoms with van der Waals surface area (Å²) in [4.78, 5) is 11.1. The number of ether oxygens (including phenoxy) is 1. The molecule has 82 valence electrons. The van der Waals surface area contributed by atoms with Crippen molar-refractivity contribution in [3.05, 3.63) is 23.2 Å². The average molecular weight is 228 g/mol. The molecule has 0 heterocycles. The molecule has 0 fully saturated rings. The van der Waals surface area contributed by atoms with Crippen molar-refractivity contribution in [2.24, 2.45) is 0 Å². The lowest BCUT2D eigenvalue weighted by atomic mass is 10.3. The second-order valence-electron chi connectivity index (χ2n) is 2.98. The second-order valence-corrected chi connectivity index (χ2v) is 3.39. The first-order valence-corrected chi connectivity index (χ1v) is 5.27. The second kappa shape index (κ2) is 5.61. The molecule has 0 spiro atoms. The standard InChI is InChI=1S/C11H14ClNO2/c1-3-11(14)13-8-5-6-10(15-4-2)9(12)7-8/h5-7H,3-4H2,1-2H3,(H,13,14). The molecule has 1 rings (SSSR count). The van der Waals surface area contributed by atoms with Gasteiger partial charge in [0.2, 0.25) is 5.91 Å². The van der Waals surface area contributed by atoms with E-state index in [1.54, 1.807) is 25.1 Å². The van der Waals surface area contributed by atoms with Crippen molar-refractivity contribution in [3.8, 4) is 5.75 Å². The Balaban J connectivity index is 2.77. The summed E-state index contributed by atoms with van der Waals surface area (Å²) >= 11 is 5.96. The van der Waals surface area contributed by atoms with E-state index in [1.807, 2.05) is 6.92 Å². The lowest BCUT2D eigenvalue weighted by Crippen LogP contribution is -2.09. The monoisotopic (exact) mass is 227 g/mol. The largest absolute Gasteiger partial charge is 0.492 e. The maximum absolute atomic E-state index is 11.1. The number of carbonyl (C=O) groups is 1. The first-order valence-electron chi connectivity index (χ1n) is 4.89. The third-order valence-corrected chi connectivity index (χ3v) is 2.13. The van der Waals surface area contributed by atoms with Gasteiger partial charge in [-0.3, -0.25) is 4.79 Å². The zero-order valence-corrected chi connectivity index (χ0v) is 9.60. The van der Waals surface area contributed by atoms with Crippen molar-refractivity contribution in [2.45, 2.75) is 20.3 Å². The molecule has 1 N–H and O–H groups in total. The van der Waals surface area contributed by atoms with Gasteiger partial charge in [0.05, 0.1) is 11.6 Å². The van der Waals surface area contributed by atoms with Crippen LogP contribution in [0.3, 0.4) is 0 Å². The lowest BCUT2D eigenvalue weighted by Gasteiger charge is -2.08. The van der Waals surface area contributed by atoms with E-state index in [4.69, 9.17) is 16.3 Å². The third-order valence-electron chi connectivity index (χ3n) is 1.84. The van der Waals surface area contributed by atoms with Crippen molar-refractivity contribution in [1.82, 2.24) is 0 Å². The summed E-state index contributed by atoms with van der Waals surface area (Å²) in [6.07, 6.45) is 0.449. The van der Waals surface area contributed by atoms with Crippen LogP contribution in [-0.2, 0) is 4.79 Å². The molecule has 0 bridgehead atoms. The highest BCUT2D eigenvalue weighted by Crippen LogP contribution is 2.27. The van der Waals surface area contributed by atoms with Crippen molar-refractivity contribution in [1.29, 1.82) is 0 Å². The van der Waals surface area contributed by atoms with Gasteiger partial charge in [-0.15, -0.1) is 0 Å². The van der Waals surface area contributed by atoms with Crippen molar-refractivity contribution in [2.75, 3.05) is 11.9 Å². The first-order chi connectivity index (χ1) is 7.17. The number of benzene rings is 1. The molecule has 0 saturated heterocycles. The van der Waals surface area contributed by atoms with Crippen LogP contribution in [0, 0.1) is 0 Å². The molecule has 4 heteroatoms. The highest BCUT2D eigenvalue weighted by atomic mass is 35.5. The highest BCUT2D eigenvalue weighted by Gasteiger charge is 2.04. The van der Waals surface area contributed by atoms with Crippen LogP contribution in [-0.4, -0.2) is 12.5 Å². The highest BCUT2D eigenvalue weighted by molar-refractivity contribution is 6.32. The van der Waals surface area contributed by atoms with Gasteiger partial charge in [-0.2, -0.15) is 0 Å². The Morgan fingerprint density at radius 1 is 1.47 bits per heavy atom. The van der Waals surface area contributed by atoms with Gasteiger partial charge in [0.15, 0.2) is 0 Å². The Kier molecular flexibility index (Phi) is 4.43. The molecule has 0 atom stereocenters. The molecule has 1 aromatic carbocycles. The van der Waals surface area contributed by atoms with Gasteiger partial charge >= 0.3 is 0 Å². The first kappa shape index (κ1) is 11.9. The van der Waals surface area contributed by atoms with E-state index in [0.717, 1.165) is 0 Å². The van der Waals surface area contributed by atoms with E-state index in [9.17, 15) is 4.79 Å². The zero-order chi connectivity index (χ0) is 11.3. The summed E-state index contributed by atoms with van der Waals surface area (Å²) in [5.41, 5.74) is 0.690. The summed E-state index contributed by atoms with van der Waals surface area (Å²) in [7, 11) is 0. The fourth-order valence-corrected chi connectivity index (χ4v) is 1.34. The van der Waals surface area contributed by atoms with E-state index >= 15 is 0 Å². The lowest BCUT2D eigenvalue weighted by molar-refractivity contribution is -0.115. The summed E-state index contributed by atoms with van der Waals surface area (Å²) in [6.45, 7) is 4.26. The maximum atomic E-state index is 11.1. The molecule has 0 aromatic heterocycles. The topological polar surface area (TPSA) is 38.3 Å². The number of rotatable bonds is 4. The molecule has 1 aromatic rings. The fraction of sp³-hybridized carbons (Fsp3) is 0.364. The minimum atomic E-state index is -0.0322. The van der Waals surface area contributed by atoms with Gasteiger partial charge in [0.25, 0.3) is 0 Å². The Bertz CT molecular complexity index is 352. The van der Waals surface area contributed by atoms with Crippen LogP contribution < -0.4 is 10.1 Å². The summed E-state index contributed by atoms with van der Waals surface area (Å²) in [5.74, 6) is 0.601. The van der Waals surface area contributed by atoms with Crippen molar-refractivity contribution in [3.63, 3.8) is 0 Å². The van der Waals surface area contributed by atoms with E-state index in [0.29, 0.717) is 29.5 Å². The number of carbonyl (C=O) groups excluding carboxylic acids is 1. The number of hydrogen-bond acceptors (Lipinski definition) is 2. The van der Waals surface area contributed by atoms with Crippen molar-refractivity contribution >= 4 is 23.2 Å². The fourth-order valence-electron chi connectivity index (χ4n) is 1.10. The molecular formula is C11H14ClNO2. The van der Waals surface area contributed by atoms with E-state index in [-0.39, 0.29) is 5.91 Å².